The summed E-state index contributed by atoms with van der Waals surface area (Å²) in [6, 6.07) is 15.6. The standard InChI is InChI=1S/C21H24ClN3O2.2ClH/c22-19-4-2-1-3-18(19)20-15-23-9-10-25(20)21(26)16-5-7-17(8-6-16)24-11-13-27-14-12-24;;/h1-8,20,23H,9-15H2;2*1H. The van der Waals surface area contributed by atoms with Gasteiger partial charge in [0.15, 0.2) is 0 Å². The van der Waals surface area contributed by atoms with Crippen LogP contribution in [0.5, 0.6) is 0 Å². The van der Waals surface area contributed by atoms with Crippen molar-refractivity contribution in [1.29, 1.82) is 0 Å². The third-order valence-electron chi connectivity index (χ3n) is 5.26. The van der Waals surface area contributed by atoms with Gasteiger partial charge in [-0.25, -0.2) is 0 Å². The van der Waals surface area contributed by atoms with Crippen molar-refractivity contribution in [2.45, 2.75) is 6.04 Å². The van der Waals surface area contributed by atoms with Crippen LogP contribution in [0, 0.1) is 0 Å². The summed E-state index contributed by atoms with van der Waals surface area (Å²) in [6.45, 7) is 5.45. The summed E-state index contributed by atoms with van der Waals surface area (Å²) < 4.78 is 5.41. The lowest BCUT2D eigenvalue weighted by Crippen LogP contribution is -2.48. The molecule has 2 aromatic rings. The van der Waals surface area contributed by atoms with Gasteiger partial charge in [-0.15, -0.1) is 24.8 Å². The number of nitrogens with one attached hydrogen (secondary N) is 1. The van der Waals surface area contributed by atoms with Gasteiger partial charge in [0.2, 0.25) is 0 Å². The van der Waals surface area contributed by atoms with Crippen molar-refractivity contribution in [3.63, 3.8) is 0 Å². The molecule has 0 bridgehead atoms. The molecule has 0 spiro atoms. The van der Waals surface area contributed by atoms with Gasteiger partial charge in [0.1, 0.15) is 0 Å². The number of rotatable bonds is 3. The minimum Gasteiger partial charge on any atom is -0.378 e. The average molecular weight is 459 g/mol. The molecular formula is C21H26Cl3N3O2. The number of benzene rings is 2. The minimum atomic E-state index is -0.0566. The van der Waals surface area contributed by atoms with Crippen molar-refractivity contribution < 1.29 is 9.53 Å². The minimum absolute atomic E-state index is 0. The van der Waals surface area contributed by atoms with E-state index in [2.05, 4.69) is 10.2 Å². The van der Waals surface area contributed by atoms with Gasteiger partial charge >= 0.3 is 0 Å². The molecule has 0 aliphatic carbocycles. The number of carbonyl (C=O) groups is 1. The summed E-state index contributed by atoms with van der Waals surface area (Å²) in [5.41, 5.74) is 2.84. The van der Waals surface area contributed by atoms with E-state index in [1.54, 1.807) is 0 Å². The van der Waals surface area contributed by atoms with Crippen molar-refractivity contribution in [2.24, 2.45) is 0 Å². The quantitative estimate of drug-likeness (QED) is 0.760. The lowest BCUT2D eigenvalue weighted by atomic mass is 10.0. The number of hydrogen-bond acceptors (Lipinski definition) is 4. The highest BCUT2D eigenvalue weighted by atomic mass is 35.5. The normalized spacial score (nSPS) is 19.1. The number of piperazine rings is 1. The largest absolute Gasteiger partial charge is 0.378 e. The molecule has 1 atom stereocenters. The van der Waals surface area contributed by atoms with Crippen molar-refractivity contribution in [3.05, 3.63) is 64.7 Å². The highest BCUT2D eigenvalue weighted by Gasteiger charge is 2.29. The average Bonchev–Trinajstić information content (AvgIpc) is 2.74. The first-order valence-electron chi connectivity index (χ1n) is 9.43. The predicted molar refractivity (Wildman–Crippen MR) is 122 cm³/mol. The summed E-state index contributed by atoms with van der Waals surface area (Å²) >= 11 is 6.40. The Kier molecular flexibility index (Phi) is 9.05. The van der Waals surface area contributed by atoms with Gasteiger partial charge in [0.25, 0.3) is 5.91 Å². The van der Waals surface area contributed by atoms with Gasteiger partial charge in [0, 0.05) is 49.0 Å². The first kappa shape index (κ1) is 23.8. The van der Waals surface area contributed by atoms with Gasteiger partial charge in [-0.05, 0) is 35.9 Å². The van der Waals surface area contributed by atoms with Crippen LogP contribution >= 0.6 is 36.4 Å². The van der Waals surface area contributed by atoms with Gasteiger partial charge in [0.05, 0.1) is 19.3 Å². The van der Waals surface area contributed by atoms with E-state index in [1.165, 1.54) is 0 Å². The summed E-state index contributed by atoms with van der Waals surface area (Å²) in [5, 5.41) is 4.08. The number of hydrogen-bond donors (Lipinski definition) is 1. The van der Waals surface area contributed by atoms with Crippen LogP contribution in [0.3, 0.4) is 0 Å². The maximum absolute atomic E-state index is 13.2. The Morgan fingerprint density at radius 3 is 2.38 bits per heavy atom. The molecule has 0 radical (unpaired) electrons. The number of ether oxygens (including phenoxy) is 1. The second-order valence-electron chi connectivity index (χ2n) is 6.89. The lowest BCUT2D eigenvalue weighted by molar-refractivity contribution is 0.0634. The molecular weight excluding hydrogens is 433 g/mol. The van der Waals surface area contributed by atoms with E-state index in [1.807, 2.05) is 53.4 Å². The number of halogens is 3. The molecule has 0 saturated carbocycles. The maximum Gasteiger partial charge on any atom is 0.254 e. The molecule has 2 aromatic carbocycles. The monoisotopic (exact) mass is 457 g/mol. The van der Waals surface area contributed by atoms with Crippen LogP contribution in [0.2, 0.25) is 5.02 Å². The zero-order valence-electron chi connectivity index (χ0n) is 16.1. The Hall–Kier alpha value is -1.50. The molecule has 158 valence electrons. The summed E-state index contributed by atoms with van der Waals surface area (Å²) in [4.78, 5) is 17.4. The van der Waals surface area contributed by atoms with E-state index in [9.17, 15) is 4.79 Å². The molecule has 8 heteroatoms. The zero-order chi connectivity index (χ0) is 18.6. The number of nitrogens with zero attached hydrogens (tertiary/aromatic N) is 2. The van der Waals surface area contributed by atoms with Gasteiger partial charge in [-0.1, -0.05) is 29.8 Å². The second-order valence-corrected chi connectivity index (χ2v) is 7.29. The van der Waals surface area contributed by atoms with Gasteiger partial charge in [-0.2, -0.15) is 0 Å². The van der Waals surface area contributed by atoms with E-state index in [4.69, 9.17) is 16.3 Å². The molecule has 0 aromatic heterocycles. The Bertz CT molecular complexity index is 798. The fourth-order valence-electron chi connectivity index (χ4n) is 3.77. The summed E-state index contributed by atoms with van der Waals surface area (Å²) in [5.74, 6) is 0.0509. The molecule has 5 nitrogen and oxygen atoms in total. The Balaban J connectivity index is 0.00000150. The number of morpholine rings is 1. The predicted octanol–water partition coefficient (Wildman–Crippen LogP) is 3.81. The van der Waals surface area contributed by atoms with Crippen LogP contribution in [0.4, 0.5) is 5.69 Å². The second kappa shape index (κ2) is 11.0. The van der Waals surface area contributed by atoms with Crippen LogP contribution in [-0.2, 0) is 4.74 Å². The van der Waals surface area contributed by atoms with Crippen LogP contribution in [0.15, 0.2) is 48.5 Å². The number of carbonyl (C=O) groups excluding carboxylic acids is 1. The first-order valence-corrected chi connectivity index (χ1v) is 9.81. The SMILES string of the molecule is Cl.Cl.O=C(c1ccc(N2CCOCC2)cc1)N1CCNCC1c1ccccc1Cl. The van der Waals surface area contributed by atoms with Crippen LogP contribution in [0.1, 0.15) is 22.0 Å². The van der Waals surface area contributed by atoms with Crippen molar-refractivity contribution >= 4 is 48.0 Å². The molecule has 1 N–H and O–H groups in total. The maximum atomic E-state index is 13.2. The molecule has 2 aliphatic rings. The molecule has 2 saturated heterocycles. The summed E-state index contributed by atoms with van der Waals surface area (Å²) in [7, 11) is 0. The van der Waals surface area contributed by atoms with Crippen LogP contribution in [0.25, 0.3) is 0 Å². The smallest absolute Gasteiger partial charge is 0.254 e. The molecule has 29 heavy (non-hydrogen) atoms. The van der Waals surface area contributed by atoms with E-state index < -0.39 is 0 Å². The van der Waals surface area contributed by atoms with Gasteiger partial charge in [-0.3, -0.25) is 4.79 Å². The topological polar surface area (TPSA) is 44.8 Å². The molecule has 2 aliphatic heterocycles. The van der Waals surface area contributed by atoms with E-state index in [-0.39, 0.29) is 36.8 Å². The molecule has 4 rings (SSSR count). The van der Waals surface area contributed by atoms with E-state index >= 15 is 0 Å². The number of amides is 1. The Morgan fingerprint density at radius 2 is 1.69 bits per heavy atom. The summed E-state index contributed by atoms with van der Waals surface area (Å²) in [6.07, 6.45) is 0. The lowest BCUT2D eigenvalue weighted by Gasteiger charge is -2.37. The molecule has 2 heterocycles. The molecule has 1 unspecified atom stereocenters. The third kappa shape index (κ3) is 5.36. The van der Waals surface area contributed by atoms with E-state index in [0.717, 1.165) is 44.1 Å². The highest BCUT2D eigenvalue weighted by Crippen LogP contribution is 2.30. The van der Waals surface area contributed by atoms with Crippen LogP contribution in [-0.4, -0.2) is 56.7 Å². The molecule has 1 amide bonds. The first-order chi connectivity index (χ1) is 13.2. The zero-order valence-corrected chi connectivity index (χ0v) is 18.4. The van der Waals surface area contributed by atoms with Gasteiger partial charge < -0.3 is 19.9 Å². The molecule has 2 fully saturated rings. The highest BCUT2D eigenvalue weighted by molar-refractivity contribution is 6.31. The van der Waals surface area contributed by atoms with Crippen molar-refractivity contribution in [3.8, 4) is 0 Å². The number of anilines is 1. The fraction of sp³-hybridized carbons (Fsp3) is 0.381. The van der Waals surface area contributed by atoms with E-state index in [0.29, 0.717) is 23.7 Å². The fourth-order valence-corrected chi connectivity index (χ4v) is 4.03. The van der Waals surface area contributed by atoms with Crippen LogP contribution < -0.4 is 10.2 Å². The van der Waals surface area contributed by atoms with Crippen molar-refractivity contribution in [2.75, 3.05) is 50.8 Å². The Labute approximate surface area is 189 Å². The Morgan fingerprint density at radius 1 is 1.00 bits per heavy atom. The third-order valence-corrected chi connectivity index (χ3v) is 5.60. The van der Waals surface area contributed by atoms with Crippen molar-refractivity contribution in [1.82, 2.24) is 10.2 Å².